The molecule has 0 heterocycles. The Kier molecular flexibility index (Phi) is 10.3. The molecule has 0 aliphatic rings. The maximum atomic E-state index is 9.26. The molecule has 0 aliphatic carbocycles. The molecule has 1 atom stereocenters. The zero-order chi connectivity index (χ0) is 4.28. The molecule has 0 fully saturated rings. The van der Waals surface area contributed by atoms with E-state index in [0.29, 0.717) is 0 Å². The molecule has 0 saturated carbocycles. The fraction of sp³-hybridized carbons (Fsp3) is 1.00. The first-order chi connectivity index (χ1) is 2.27. The van der Waals surface area contributed by atoms with Gasteiger partial charge < -0.3 is 0 Å². The van der Waals surface area contributed by atoms with Gasteiger partial charge in [0.15, 0.2) is 0 Å². The molecule has 0 aromatic rings. The van der Waals surface area contributed by atoms with E-state index < -0.39 is 11.4 Å². The van der Waals surface area contributed by atoms with E-state index in [2.05, 4.69) is 4.18 Å². The van der Waals surface area contributed by atoms with Gasteiger partial charge in [0, 0.05) is 29.6 Å². The Morgan fingerprint density at radius 3 is 2.00 bits per heavy atom. The van der Waals surface area contributed by atoms with Gasteiger partial charge in [-0.25, -0.2) is 0 Å². The summed E-state index contributed by atoms with van der Waals surface area (Å²) in [5, 5.41) is 0. The second kappa shape index (κ2) is 6.07. The van der Waals surface area contributed by atoms with Crippen LogP contribution in [0.3, 0.4) is 0 Å². The van der Waals surface area contributed by atoms with Crippen molar-refractivity contribution in [3.63, 3.8) is 0 Å². The van der Waals surface area contributed by atoms with Crippen LogP contribution >= 0.6 is 0 Å². The normalized spacial score (nSPS) is 12.3. The molecule has 1 N–H and O–H groups in total. The SMILES string of the molecule is COS(=O)O.[Na]. The van der Waals surface area contributed by atoms with Crippen molar-refractivity contribution in [2.75, 3.05) is 7.11 Å². The van der Waals surface area contributed by atoms with Crippen LogP contribution < -0.4 is 0 Å². The van der Waals surface area contributed by atoms with Crippen molar-refractivity contribution in [2.24, 2.45) is 0 Å². The molecule has 0 bridgehead atoms. The molecule has 6 heavy (non-hydrogen) atoms. The van der Waals surface area contributed by atoms with Gasteiger partial charge in [0.05, 0.1) is 7.11 Å². The molecule has 0 saturated heterocycles. The molecular formula is CH4NaO3S. The standard InChI is InChI=1S/CH4O3S.Na/c1-4-5(2)3;/h1H3,(H,2,3);. The second-order valence-corrected chi connectivity index (χ2v) is 1.15. The molecule has 0 aromatic heterocycles. The zero-order valence-corrected chi connectivity index (χ0v) is 6.49. The predicted octanol–water partition coefficient (Wildman–Crippen LogP) is -0.611. The monoisotopic (exact) mass is 119 g/mol. The molecule has 33 valence electrons. The van der Waals surface area contributed by atoms with Gasteiger partial charge in [0.25, 0.3) is 0 Å². The number of hydrogen-bond acceptors (Lipinski definition) is 2. The van der Waals surface area contributed by atoms with Gasteiger partial charge >= 0.3 is 11.4 Å². The topological polar surface area (TPSA) is 46.5 Å². The van der Waals surface area contributed by atoms with Gasteiger partial charge in [0.2, 0.25) is 0 Å². The van der Waals surface area contributed by atoms with Gasteiger partial charge in [-0.1, -0.05) is 0 Å². The Balaban J connectivity index is 0. The average Bonchev–Trinajstić information content (AvgIpc) is 1.38. The molecule has 5 heteroatoms. The third-order valence-corrected chi connectivity index (χ3v) is 0.428. The Morgan fingerprint density at radius 1 is 1.83 bits per heavy atom. The van der Waals surface area contributed by atoms with Crippen molar-refractivity contribution in [3.8, 4) is 0 Å². The summed E-state index contributed by atoms with van der Waals surface area (Å²) < 4.78 is 20.6. The van der Waals surface area contributed by atoms with Crippen LogP contribution in [0.15, 0.2) is 0 Å². The quantitative estimate of drug-likeness (QED) is 0.370. The summed E-state index contributed by atoms with van der Waals surface area (Å²) in [6.45, 7) is 0. The van der Waals surface area contributed by atoms with Crippen molar-refractivity contribution in [2.45, 2.75) is 0 Å². The number of hydrogen-bond donors (Lipinski definition) is 1. The third-order valence-electron chi connectivity index (χ3n) is 0.143. The summed E-state index contributed by atoms with van der Waals surface area (Å²) in [6, 6.07) is 0. The van der Waals surface area contributed by atoms with E-state index in [-0.39, 0.29) is 29.6 Å². The van der Waals surface area contributed by atoms with E-state index >= 15 is 0 Å². The fourth-order valence-electron chi connectivity index (χ4n) is 0. The first kappa shape index (κ1) is 10.1. The van der Waals surface area contributed by atoms with Crippen molar-refractivity contribution in [1.29, 1.82) is 0 Å². The van der Waals surface area contributed by atoms with Gasteiger partial charge in [-0.05, 0) is 0 Å². The van der Waals surface area contributed by atoms with Crippen LogP contribution in [0.1, 0.15) is 0 Å². The van der Waals surface area contributed by atoms with Crippen molar-refractivity contribution in [3.05, 3.63) is 0 Å². The minimum absolute atomic E-state index is 0. The maximum Gasteiger partial charge on any atom is 0.301 e. The summed E-state index contributed by atoms with van der Waals surface area (Å²) in [6.07, 6.45) is 0. The van der Waals surface area contributed by atoms with E-state index in [1.54, 1.807) is 0 Å². The zero-order valence-electron chi connectivity index (χ0n) is 3.67. The molecule has 0 rings (SSSR count). The average molecular weight is 119 g/mol. The first-order valence-corrected chi connectivity index (χ1v) is 1.96. The van der Waals surface area contributed by atoms with E-state index in [1.165, 1.54) is 0 Å². The van der Waals surface area contributed by atoms with Crippen LogP contribution in [0.4, 0.5) is 0 Å². The second-order valence-electron chi connectivity index (χ2n) is 0.384. The molecule has 1 unspecified atom stereocenters. The summed E-state index contributed by atoms with van der Waals surface area (Å²) in [4.78, 5) is 0. The van der Waals surface area contributed by atoms with Crippen molar-refractivity contribution >= 4 is 40.9 Å². The van der Waals surface area contributed by atoms with Crippen LogP contribution in [0, 0.1) is 0 Å². The van der Waals surface area contributed by atoms with Crippen LogP contribution in [0.5, 0.6) is 0 Å². The van der Waals surface area contributed by atoms with Crippen molar-refractivity contribution in [1.82, 2.24) is 0 Å². The van der Waals surface area contributed by atoms with Crippen LogP contribution in [0.2, 0.25) is 0 Å². The molecule has 0 amide bonds. The van der Waals surface area contributed by atoms with E-state index in [4.69, 9.17) is 4.55 Å². The van der Waals surface area contributed by atoms with Gasteiger partial charge in [-0.3, -0.25) is 8.74 Å². The summed E-state index contributed by atoms with van der Waals surface area (Å²) in [5.74, 6) is 0. The molecule has 0 aliphatic heterocycles. The van der Waals surface area contributed by atoms with Crippen LogP contribution in [0.25, 0.3) is 0 Å². The predicted molar refractivity (Wildman–Crippen MR) is 23.5 cm³/mol. The smallest absolute Gasteiger partial charge is 0.284 e. The Hall–Kier alpha value is 1.07. The van der Waals surface area contributed by atoms with E-state index in [9.17, 15) is 4.21 Å². The van der Waals surface area contributed by atoms with E-state index in [1.807, 2.05) is 0 Å². The molecule has 0 aromatic carbocycles. The van der Waals surface area contributed by atoms with Gasteiger partial charge in [-0.15, -0.1) is 0 Å². The molecular weight excluding hydrogens is 115 g/mol. The molecule has 0 spiro atoms. The van der Waals surface area contributed by atoms with E-state index in [0.717, 1.165) is 7.11 Å². The minimum atomic E-state index is -2.07. The van der Waals surface area contributed by atoms with Crippen LogP contribution in [-0.2, 0) is 15.5 Å². The summed E-state index contributed by atoms with van der Waals surface area (Å²) in [7, 11) is 1.15. The first-order valence-electron chi connectivity index (χ1n) is 0.924. The van der Waals surface area contributed by atoms with Crippen molar-refractivity contribution < 1.29 is 12.9 Å². The van der Waals surface area contributed by atoms with Gasteiger partial charge in [-0.2, -0.15) is 4.21 Å². The summed E-state index contributed by atoms with van der Waals surface area (Å²) in [5.41, 5.74) is 0. The summed E-state index contributed by atoms with van der Waals surface area (Å²) >= 11 is -2.07. The Labute approximate surface area is 60.9 Å². The third kappa shape index (κ3) is 8.91. The fourth-order valence-corrected chi connectivity index (χ4v) is 0. The Morgan fingerprint density at radius 2 is 2.00 bits per heavy atom. The number of rotatable bonds is 1. The minimum Gasteiger partial charge on any atom is -0.284 e. The molecule has 3 nitrogen and oxygen atoms in total. The Bertz CT molecular complexity index is 46.1. The van der Waals surface area contributed by atoms with Crippen LogP contribution in [-0.4, -0.2) is 45.4 Å². The largest absolute Gasteiger partial charge is 0.301 e. The molecule has 1 radical (unpaired) electrons. The van der Waals surface area contributed by atoms with Gasteiger partial charge in [0.1, 0.15) is 0 Å². The maximum absolute atomic E-state index is 9.26.